The van der Waals surface area contributed by atoms with Crippen molar-refractivity contribution in [3.05, 3.63) is 59.7 Å². The first-order chi connectivity index (χ1) is 12.5. The fraction of sp³-hybridized carbons (Fsp3) is 0.300. The van der Waals surface area contributed by atoms with Crippen LogP contribution in [-0.4, -0.2) is 41.0 Å². The summed E-state index contributed by atoms with van der Waals surface area (Å²) in [5.41, 5.74) is 4.45. The SMILES string of the molecule is CC[C@H](NC(=O)OCC1c2ccccc2-c2ccccc21)[C@@H](O)C(=O)O. The molecule has 2 aromatic carbocycles. The molecule has 3 N–H and O–H groups in total. The van der Waals surface area contributed by atoms with Gasteiger partial charge in [0.15, 0.2) is 6.10 Å². The van der Waals surface area contributed by atoms with Gasteiger partial charge in [-0.15, -0.1) is 0 Å². The number of hydrogen-bond donors (Lipinski definition) is 3. The molecule has 6 nitrogen and oxygen atoms in total. The molecule has 0 saturated heterocycles. The van der Waals surface area contributed by atoms with Crippen molar-refractivity contribution >= 4 is 12.1 Å². The molecule has 0 unspecified atom stereocenters. The van der Waals surface area contributed by atoms with Crippen LogP contribution in [0, 0.1) is 0 Å². The van der Waals surface area contributed by atoms with Gasteiger partial charge in [0.25, 0.3) is 0 Å². The highest BCUT2D eigenvalue weighted by Gasteiger charge is 2.30. The van der Waals surface area contributed by atoms with Crippen molar-refractivity contribution in [3.63, 3.8) is 0 Å². The van der Waals surface area contributed by atoms with E-state index in [1.807, 2.05) is 48.5 Å². The minimum Gasteiger partial charge on any atom is -0.479 e. The van der Waals surface area contributed by atoms with E-state index in [1.165, 1.54) is 0 Å². The van der Waals surface area contributed by atoms with Crippen LogP contribution in [0.2, 0.25) is 0 Å². The number of nitrogens with one attached hydrogen (secondary N) is 1. The summed E-state index contributed by atoms with van der Waals surface area (Å²) in [5, 5.41) is 20.9. The summed E-state index contributed by atoms with van der Waals surface area (Å²) in [5.74, 6) is -1.45. The molecule has 0 heterocycles. The zero-order valence-corrected chi connectivity index (χ0v) is 14.4. The average Bonchev–Trinajstić information content (AvgIpc) is 2.98. The molecule has 2 aromatic rings. The van der Waals surface area contributed by atoms with Gasteiger partial charge in [0.1, 0.15) is 6.61 Å². The summed E-state index contributed by atoms with van der Waals surface area (Å²) in [7, 11) is 0. The van der Waals surface area contributed by atoms with Gasteiger partial charge >= 0.3 is 12.1 Å². The lowest BCUT2D eigenvalue weighted by Crippen LogP contribution is -2.46. The Hall–Kier alpha value is -2.86. The molecule has 3 rings (SSSR count). The van der Waals surface area contributed by atoms with E-state index < -0.39 is 24.2 Å². The van der Waals surface area contributed by atoms with Crippen LogP contribution in [0.4, 0.5) is 4.79 Å². The van der Waals surface area contributed by atoms with Crippen LogP contribution in [0.3, 0.4) is 0 Å². The molecule has 0 aliphatic heterocycles. The predicted octanol–water partition coefficient (Wildman–Crippen LogP) is 2.75. The number of aliphatic hydroxyl groups is 1. The molecule has 0 bridgehead atoms. The molecule has 136 valence electrons. The Morgan fingerprint density at radius 2 is 1.62 bits per heavy atom. The van der Waals surface area contributed by atoms with Crippen LogP contribution in [0.5, 0.6) is 0 Å². The first kappa shape index (κ1) is 17.9. The number of alkyl carbamates (subject to hydrolysis) is 1. The highest BCUT2D eigenvalue weighted by atomic mass is 16.5. The smallest absolute Gasteiger partial charge is 0.407 e. The third kappa shape index (κ3) is 3.41. The van der Waals surface area contributed by atoms with Gasteiger partial charge in [-0.3, -0.25) is 0 Å². The lowest BCUT2D eigenvalue weighted by atomic mass is 9.98. The predicted molar refractivity (Wildman–Crippen MR) is 95.9 cm³/mol. The van der Waals surface area contributed by atoms with E-state index >= 15 is 0 Å². The number of hydrogen-bond acceptors (Lipinski definition) is 4. The molecule has 0 fully saturated rings. The summed E-state index contributed by atoms with van der Waals surface area (Å²) >= 11 is 0. The lowest BCUT2D eigenvalue weighted by molar-refractivity contribution is -0.148. The second kappa shape index (κ2) is 7.58. The van der Waals surface area contributed by atoms with E-state index in [-0.39, 0.29) is 18.9 Å². The number of carboxylic acid groups (broad SMARTS) is 1. The Morgan fingerprint density at radius 1 is 1.08 bits per heavy atom. The Bertz CT molecular complexity index is 774. The Morgan fingerprint density at radius 3 is 2.12 bits per heavy atom. The van der Waals surface area contributed by atoms with Crippen LogP contribution in [0.1, 0.15) is 30.4 Å². The summed E-state index contributed by atoms with van der Waals surface area (Å²) in [6.45, 7) is 1.82. The second-order valence-corrected chi connectivity index (χ2v) is 6.27. The van der Waals surface area contributed by atoms with Gasteiger partial charge in [0.2, 0.25) is 0 Å². The highest BCUT2D eigenvalue weighted by Crippen LogP contribution is 2.44. The van der Waals surface area contributed by atoms with E-state index in [4.69, 9.17) is 9.84 Å². The van der Waals surface area contributed by atoms with E-state index in [1.54, 1.807) is 6.92 Å². The fourth-order valence-corrected chi connectivity index (χ4v) is 3.37. The molecular weight excluding hydrogens is 334 g/mol. The van der Waals surface area contributed by atoms with Crippen molar-refractivity contribution in [1.29, 1.82) is 0 Å². The van der Waals surface area contributed by atoms with Gasteiger partial charge < -0.3 is 20.3 Å². The number of aliphatic carboxylic acids is 1. The average molecular weight is 355 g/mol. The minimum atomic E-state index is -1.67. The molecular formula is C20H21NO5. The molecule has 0 spiro atoms. The molecule has 0 radical (unpaired) electrons. The first-order valence-electron chi connectivity index (χ1n) is 8.55. The van der Waals surface area contributed by atoms with Gasteiger partial charge in [-0.2, -0.15) is 0 Å². The number of ether oxygens (including phenoxy) is 1. The van der Waals surface area contributed by atoms with Gasteiger partial charge in [0, 0.05) is 5.92 Å². The Labute approximate surface area is 151 Å². The topological polar surface area (TPSA) is 95.9 Å². The number of aliphatic hydroxyl groups excluding tert-OH is 1. The van der Waals surface area contributed by atoms with Crippen LogP contribution >= 0.6 is 0 Å². The van der Waals surface area contributed by atoms with Crippen molar-refractivity contribution in [1.82, 2.24) is 5.32 Å². The lowest BCUT2D eigenvalue weighted by Gasteiger charge is -2.20. The fourth-order valence-electron chi connectivity index (χ4n) is 3.37. The Kier molecular flexibility index (Phi) is 5.23. The maximum atomic E-state index is 12.1. The molecule has 0 saturated carbocycles. The largest absolute Gasteiger partial charge is 0.479 e. The van der Waals surface area contributed by atoms with E-state index in [0.717, 1.165) is 22.3 Å². The molecule has 1 aliphatic rings. The van der Waals surface area contributed by atoms with Gasteiger partial charge in [-0.25, -0.2) is 9.59 Å². The second-order valence-electron chi connectivity index (χ2n) is 6.27. The van der Waals surface area contributed by atoms with Crippen LogP contribution in [0.25, 0.3) is 11.1 Å². The maximum absolute atomic E-state index is 12.1. The summed E-state index contributed by atoms with van der Waals surface area (Å²) in [4.78, 5) is 23.0. The van der Waals surface area contributed by atoms with Crippen LogP contribution < -0.4 is 5.32 Å². The van der Waals surface area contributed by atoms with Crippen molar-refractivity contribution in [2.45, 2.75) is 31.4 Å². The van der Waals surface area contributed by atoms with E-state index in [0.29, 0.717) is 0 Å². The van der Waals surface area contributed by atoms with Crippen LogP contribution in [0.15, 0.2) is 48.5 Å². The van der Waals surface area contributed by atoms with E-state index in [9.17, 15) is 14.7 Å². The number of carbonyl (C=O) groups is 2. The van der Waals surface area contributed by atoms with Crippen molar-refractivity contribution in [2.75, 3.05) is 6.61 Å². The zero-order valence-electron chi connectivity index (χ0n) is 14.4. The molecule has 0 aromatic heterocycles. The number of carbonyl (C=O) groups excluding carboxylic acids is 1. The summed E-state index contributed by atoms with van der Waals surface area (Å²) < 4.78 is 5.35. The third-order valence-electron chi connectivity index (χ3n) is 4.72. The highest BCUT2D eigenvalue weighted by molar-refractivity contribution is 5.79. The molecule has 2 atom stereocenters. The van der Waals surface area contributed by atoms with Crippen molar-refractivity contribution in [3.8, 4) is 11.1 Å². The number of carboxylic acids is 1. The summed E-state index contributed by atoms with van der Waals surface area (Å²) in [6.07, 6.45) is -2.13. The minimum absolute atomic E-state index is 0.0716. The van der Waals surface area contributed by atoms with E-state index in [2.05, 4.69) is 5.32 Å². The number of rotatable bonds is 6. The summed E-state index contributed by atoms with van der Waals surface area (Å²) in [6, 6.07) is 15.1. The quantitative estimate of drug-likeness (QED) is 0.740. The number of fused-ring (bicyclic) bond motifs is 3. The molecule has 26 heavy (non-hydrogen) atoms. The third-order valence-corrected chi connectivity index (χ3v) is 4.72. The molecule has 1 amide bonds. The first-order valence-corrected chi connectivity index (χ1v) is 8.55. The monoisotopic (exact) mass is 355 g/mol. The van der Waals surface area contributed by atoms with Crippen LogP contribution in [-0.2, 0) is 9.53 Å². The Balaban J connectivity index is 1.70. The van der Waals surface area contributed by atoms with Crippen molar-refractivity contribution in [2.24, 2.45) is 0 Å². The van der Waals surface area contributed by atoms with Gasteiger partial charge in [-0.1, -0.05) is 55.5 Å². The maximum Gasteiger partial charge on any atom is 0.407 e. The molecule has 1 aliphatic carbocycles. The number of amides is 1. The zero-order chi connectivity index (χ0) is 18.7. The normalized spacial score (nSPS) is 14.8. The van der Waals surface area contributed by atoms with Gasteiger partial charge in [-0.05, 0) is 28.7 Å². The van der Waals surface area contributed by atoms with Crippen molar-refractivity contribution < 1.29 is 24.5 Å². The number of benzene rings is 2. The standard InChI is InChI=1S/C20H21NO5/c1-2-17(18(22)19(23)24)21-20(25)26-11-16-14-9-5-3-7-12(14)13-8-4-6-10-15(13)16/h3-10,16-18,22H,2,11H2,1H3,(H,21,25)(H,23,24)/t17-,18+/m0/s1. The molecule has 6 heteroatoms. The van der Waals surface area contributed by atoms with Gasteiger partial charge in [0.05, 0.1) is 6.04 Å².